The van der Waals surface area contributed by atoms with Gasteiger partial charge in [-0.15, -0.1) is 11.3 Å². The fourth-order valence-electron chi connectivity index (χ4n) is 3.67. The minimum Gasteiger partial charge on any atom is -0.310 e. The molecule has 7 heteroatoms. The average molecular weight is 422 g/mol. The van der Waals surface area contributed by atoms with Crippen molar-refractivity contribution in [1.82, 2.24) is 15.4 Å². The van der Waals surface area contributed by atoms with Crippen LogP contribution in [0.1, 0.15) is 49.4 Å². The minimum atomic E-state index is -0.634. The molecule has 0 saturated heterocycles. The van der Waals surface area contributed by atoms with Crippen molar-refractivity contribution in [2.45, 2.75) is 32.7 Å². The fraction of sp³-hybridized carbons (Fsp3) is 0.261. The van der Waals surface area contributed by atoms with Crippen LogP contribution in [-0.4, -0.2) is 16.4 Å². The van der Waals surface area contributed by atoms with Gasteiger partial charge in [-0.25, -0.2) is 0 Å². The van der Waals surface area contributed by atoms with Crippen LogP contribution in [0.2, 0.25) is 0 Å². The lowest BCUT2D eigenvalue weighted by Crippen LogP contribution is -2.43. The molecule has 1 atom stereocenters. The molecule has 0 saturated carbocycles. The van der Waals surface area contributed by atoms with Crippen molar-refractivity contribution in [3.05, 3.63) is 91.5 Å². The molecule has 2 N–H and O–H groups in total. The smallest absolute Gasteiger partial charge is 0.279 e. The van der Waals surface area contributed by atoms with E-state index in [1.54, 1.807) is 12.3 Å². The molecule has 2 amide bonds. The third-order valence-electron chi connectivity index (χ3n) is 5.30. The standard InChI is InChI=1S/C23H23N3O3S/c1-15-9-10-19-17(12-15)13-20(30-19)22(28)25-24-21(27)18-8-5-11-26(23(18)29)14-16-6-3-2-4-7-16/h2-8,11,13,15H,9-10,12,14H2,1H3,(H,24,27)(H,25,28). The molecular formula is C23H23N3O3S. The van der Waals surface area contributed by atoms with E-state index < -0.39 is 11.5 Å². The number of benzene rings is 1. The van der Waals surface area contributed by atoms with Crippen molar-refractivity contribution in [3.63, 3.8) is 0 Å². The summed E-state index contributed by atoms with van der Waals surface area (Å²) in [6.45, 7) is 2.58. The van der Waals surface area contributed by atoms with Gasteiger partial charge in [0.25, 0.3) is 17.4 Å². The molecule has 1 aromatic carbocycles. The fourth-order valence-corrected chi connectivity index (χ4v) is 4.78. The summed E-state index contributed by atoms with van der Waals surface area (Å²) in [5, 5.41) is 0. The van der Waals surface area contributed by atoms with Crippen LogP contribution in [0.25, 0.3) is 0 Å². The first-order chi connectivity index (χ1) is 14.5. The second-order valence-electron chi connectivity index (χ2n) is 7.66. The minimum absolute atomic E-state index is 0.0203. The molecule has 1 aliphatic rings. The third-order valence-corrected chi connectivity index (χ3v) is 6.54. The van der Waals surface area contributed by atoms with E-state index in [9.17, 15) is 14.4 Å². The van der Waals surface area contributed by atoms with Gasteiger partial charge < -0.3 is 4.57 Å². The Hall–Kier alpha value is -3.19. The van der Waals surface area contributed by atoms with Crippen LogP contribution in [0.4, 0.5) is 0 Å². The molecule has 2 aromatic heterocycles. The number of carbonyl (C=O) groups is 2. The molecule has 3 aromatic rings. The maximum atomic E-state index is 12.7. The maximum Gasteiger partial charge on any atom is 0.279 e. The predicted molar refractivity (Wildman–Crippen MR) is 117 cm³/mol. The van der Waals surface area contributed by atoms with Gasteiger partial charge in [0.15, 0.2) is 0 Å². The van der Waals surface area contributed by atoms with Crippen molar-refractivity contribution < 1.29 is 9.59 Å². The summed E-state index contributed by atoms with van der Waals surface area (Å²) < 4.78 is 1.47. The summed E-state index contributed by atoms with van der Waals surface area (Å²) in [6, 6.07) is 14.6. The highest BCUT2D eigenvalue weighted by molar-refractivity contribution is 7.14. The zero-order valence-electron chi connectivity index (χ0n) is 16.7. The molecule has 30 heavy (non-hydrogen) atoms. The summed E-state index contributed by atoms with van der Waals surface area (Å²) >= 11 is 1.47. The summed E-state index contributed by atoms with van der Waals surface area (Å²) in [4.78, 5) is 39.5. The zero-order chi connectivity index (χ0) is 21.1. The first-order valence-corrected chi connectivity index (χ1v) is 10.8. The normalized spacial score (nSPS) is 15.3. The highest BCUT2D eigenvalue weighted by atomic mass is 32.1. The molecule has 0 radical (unpaired) electrons. The quantitative estimate of drug-likeness (QED) is 0.635. The Kier molecular flexibility index (Phi) is 5.81. The number of carbonyl (C=O) groups excluding carboxylic acids is 2. The van der Waals surface area contributed by atoms with E-state index in [1.165, 1.54) is 32.4 Å². The van der Waals surface area contributed by atoms with Gasteiger partial charge in [-0.3, -0.25) is 25.2 Å². The predicted octanol–water partition coefficient (Wildman–Crippen LogP) is 3.16. The summed E-state index contributed by atoms with van der Waals surface area (Å²) in [6.07, 6.45) is 4.75. The molecule has 0 fully saturated rings. The van der Waals surface area contributed by atoms with Gasteiger partial charge in [-0.1, -0.05) is 37.3 Å². The van der Waals surface area contributed by atoms with Crippen LogP contribution in [0, 0.1) is 5.92 Å². The Bertz CT molecular complexity index is 1130. The molecule has 1 aliphatic carbocycles. The topological polar surface area (TPSA) is 80.2 Å². The Morgan fingerprint density at radius 1 is 1.10 bits per heavy atom. The molecule has 0 bridgehead atoms. The van der Waals surface area contributed by atoms with Crippen LogP contribution >= 0.6 is 11.3 Å². The Labute approximate surface area is 178 Å². The molecule has 154 valence electrons. The summed E-state index contributed by atoms with van der Waals surface area (Å²) in [5.74, 6) is -0.375. The molecule has 1 unspecified atom stereocenters. The number of thiophene rings is 1. The van der Waals surface area contributed by atoms with Gasteiger partial charge >= 0.3 is 0 Å². The highest BCUT2D eigenvalue weighted by Gasteiger charge is 2.21. The van der Waals surface area contributed by atoms with E-state index in [2.05, 4.69) is 17.8 Å². The van der Waals surface area contributed by atoms with Gasteiger partial charge in [0, 0.05) is 11.1 Å². The monoisotopic (exact) mass is 421 g/mol. The van der Waals surface area contributed by atoms with Gasteiger partial charge in [0.05, 0.1) is 11.4 Å². The summed E-state index contributed by atoms with van der Waals surface area (Å²) in [7, 11) is 0. The van der Waals surface area contributed by atoms with Gasteiger partial charge in [0.1, 0.15) is 5.56 Å². The zero-order valence-corrected chi connectivity index (χ0v) is 17.5. The first kappa shape index (κ1) is 20.1. The van der Waals surface area contributed by atoms with Crippen LogP contribution in [0.15, 0.2) is 59.5 Å². The van der Waals surface area contributed by atoms with E-state index >= 15 is 0 Å². The lowest BCUT2D eigenvalue weighted by Gasteiger charge is -2.16. The van der Waals surface area contributed by atoms with E-state index in [1.807, 2.05) is 36.4 Å². The second-order valence-corrected chi connectivity index (χ2v) is 8.79. The van der Waals surface area contributed by atoms with Gasteiger partial charge in [-0.05, 0) is 54.5 Å². The molecule has 0 aliphatic heterocycles. The number of pyridine rings is 1. The molecular weight excluding hydrogens is 398 g/mol. The van der Waals surface area contributed by atoms with E-state index in [4.69, 9.17) is 0 Å². The Morgan fingerprint density at radius 2 is 1.87 bits per heavy atom. The molecule has 0 spiro atoms. The number of nitrogens with zero attached hydrogens (tertiary/aromatic N) is 1. The van der Waals surface area contributed by atoms with Crippen LogP contribution in [-0.2, 0) is 19.4 Å². The number of hydrazine groups is 1. The Balaban J connectivity index is 1.42. The molecule has 6 nitrogen and oxygen atoms in total. The van der Waals surface area contributed by atoms with Crippen molar-refractivity contribution in [3.8, 4) is 0 Å². The van der Waals surface area contributed by atoms with Crippen LogP contribution in [0.3, 0.4) is 0 Å². The van der Waals surface area contributed by atoms with Crippen molar-refractivity contribution in [2.75, 3.05) is 0 Å². The number of nitrogens with one attached hydrogen (secondary N) is 2. The third kappa shape index (κ3) is 4.36. The van der Waals surface area contributed by atoms with Crippen molar-refractivity contribution >= 4 is 23.2 Å². The van der Waals surface area contributed by atoms with E-state index in [-0.39, 0.29) is 11.5 Å². The number of hydrogen-bond acceptors (Lipinski definition) is 4. The maximum absolute atomic E-state index is 12.7. The average Bonchev–Trinajstić information content (AvgIpc) is 3.17. The van der Waals surface area contributed by atoms with Crippen LogP contribution < -0.4 is 16.4 Å². The van der Waals surface area contributed by atoms with E-state index in [0.29, 0.717) is 17.3 Å². The number of rotatable bonds is 4. The number of aryl methyl sites for hydroxylation is 1. The SMILES string of the molecule is CC1CCc2sc(C(=O)NNC(=O)c3cccn(Cc4ccccc4)c3=O)cc2C1. The van der Waals surface area contributed by atoms with E-state index in [0.717, 1.165) is 24.8 Å². The van der Waals surface area contributed by atoms with Crippen molar-refractivity contribution in [2.24, 2.45) is 5.92 Å². The lowest BCUT2D eigenvalue weighted by molar-refractivity contribution is 0.0847. The van der Waals surface area contributed by atoms with Crippen LogP contribution in [0.5, 0.6) is 0 Å². The lowest BCUT2D eigenvalue weighted by atomic mass is 9.90. The highest BCUT2D eigenvalue weighted by Crippen LogP contribution is 2.32. The molecule has 2 heterocycles. The second kappa shape index (κ2) is 8.67. The number of fused-ring (bicyclic) bond motifs is 1. The Morgan fingerprint density at radius 3 is 2.67 bits per heavy atom. The number of aromatic nitrogens is 1. The largest absolute Gasteiger partial charge is 0.310 e. The number of hydrogen-bond donors (Lipinski definition) is 2. The summed E-state index contributed by atoms with van der Waals surface area (Å²) in [5.41, 5.74) is 6.57. The number of amides is 2. The van der Waals surface area contributed by atoms with Crippen molar-refractivity contribution in [1.29, 1.82) is 0 Å². The molecule has 4 rings (SSSR count). The van der Waals surface area contributed by atoms with Gasteiger partial charge in [0.2, 0.25) is 0 Å². The first-order valence-electron chi connectivity index (χ1n) is 9.97. The van der Waals surface area contributed by atoms with Gasteiger partial charge in [-0.2, -0.15) is 0 Å².